The highest BCUT2D eigenvalue weighted by Gasteiger charge is 2.16. The number of aromatic nitrogens is 3. The number of pyridine rings is 1. The van der Waals surface area contributed by atoms with E-state index < -0.39 is 0 Å². The van der Waals surface area contributed by atoms with Crippen LogP contribution >= 0.6 is 0 Å². The van der Waals surface area contributed by atoms with E-state index in [1.54, 1.807) is 0 Å². The largest absolute Gasteiger partial charge is 0.466 e. The van der Waals surface area contributed by atoms with Gasteiger partial charge in [-0.2, -0.15) is 0 Å². The fourth-order valence-electron chi connectivity index (χ4n) is 2.33. The van der Waals surface area contributed by atoms with Crippen molar-refractivity contribution < 1.29 is 9.53 Å². The van der Waals surface area contributed by atoms with Crippen molar-refractivity contribution in [3.05, 3.63) is 24.2 Å². The molecule has 2 rings (SSSR count). The highest BCUT2D eigenvalue weighted by atomic mass is 16.5. The molecule has 0 saturated heterocycles. The Kier molecular flexibility index (Phi) is 5.63. The van der Waals surface area contributed by atoms with Gasteiger partial charge in [0.1, 0.15) is 11.8 Å². The minimum atomic E-state index is -0.198. The number of ether oxygens (including phenoxy) is 1. The number of esters is 1. The summed E-state index contributed by atoms with van der Waals surface area (Å²) in [5.41, 5.74) is 2.42. The van der Waals surface area contributed by atoms with Crippen molar-refractivity contribution in [2.45, 2.75) is 46.1 Å². The molecule has 2 heterocycles. The second-order valence-electron chi connectivity index (χ2n) is 5.18. The van der Waals surface area contributed by atoms with Gasteiger partial charge < -0.3 is 10.1 Å². The van der Waals surface area contributed by atoms with Gasteiger partial charge in [0.05, 0.1) is 18.5 Å². The molecule has 0 aliphatic heterocycles. The Labute approximate surface area is 130 Å². The summed E-state index contributed by atoms with van der Waals surface area (Å²) in [6.07, 6.45) is 3.65. The number of aryl methyl sites for hydroxylation is 1. The van der Waals surface area contributed by atoms with Gasteiger partial charge >= 0.3 is 5.97 Å². The van der Waals surface area contributed by atoms with E-state index in [1.807, 2.05) is 26.0 Å². The summed E-state index contributed by atoms with van der Waals surface area (Å²) >= 11 is 0. The Bertz CT molecular complexity index is 645. The molecule has 2 aromatic rings. The summed E-state index contributed by atoms with van der Waals surface area (Å²) in [7, 11) is 0. The van der Waals surface area contributed by atoms with E-state index in [0.717, 1.165) is 29.6 Å². The summed E-state index contributed by atoms with van der Waals surface area (Å²) < 4.78 is 5.04. The van der Waals surface area contributed by atoms with Crippen LogP contribution in [0.4, 0.5) is 5.82 Å². The summed E-state index contributed by atoms with van der Waals surface area (Å²) in [6.45, 7) is 6.22. The van der Waals surface area contributed by atoms with E-state index in [4.69, 9.17) is 4.74 Å². The summed E-state index contributed by atoms with van der Waals surface area (Å²) in [5.74, 6) is 0.465. The van der Waals surface area contributed by atoms with E-state index >= 15 is 0 Å². The van der Waals surface area contributed by atoms with Gasteiger partial charge in [-0.25, -0.2) is 15.0 Å². The summed E-state index contributed by atoms with van der Waals surface area (Å²) in [4.78, 5) is 24.7. The molecular formula is C16H22N4O2. The lowest BCUT2D eigenvalue weighted by Crippen LogP contribution is -2.25. The quantitative estimate of drug-likeness (QED) is 0.792. The van der Waals surface area contributed by atoms with Gasteiger partial charge in [-0.15, -0.1) is 0 Å². The average molecular weight is 302 g/mol. The molecule has 0 bridgehead atoms. The molecule has 0 saturated carbocycles. The molecule has 1 atom stereocenters. The van der Waals surface area contributed by atoms with Crippen molar-refractivity contribution >= 4 is 22.8 Å². The maximum Gasteiger partial charge on any atom is 0.307 e. The number of nitrogens with one attached hydrogen (secondary N) is 1. The third-order valence-corrected chi connectivity index (χ3v) is 3.32. The van der Waals surface area contributed by atoms with Gasteiger partial charge in [0.25, 0.3) is 0 Å². The molecule has 0 spiro atoms. The van der Waals surface area contributed by atoms with Crippen LogP contribution in [0.3, 0.4) is 0 Å². The number of hydrogen-bond donors (Lipinski definition) is 1. The third kappa shape index (κ3) is 4.13. The van der Waals surface area contributed by atoms with E-state index in [1.165, 1.54) is 6.33 Å². The van der Waals surface area contributed by atoms with Gasteiger partial charge in [0.15, 0.2) is 5.82 Å². The number of rotatable bonds is 7. The fourth-order valence-corrected chi connectivity index (χ4v) is 2.33. The monoisotopic (exact) mass is 302 g/mol. The number of fused-ring (bicyclic) bond motifs is 1. The van der Waals surface area contributed by atoms with Gasteiger partial charge in [-0.3, -0.25) is 4.79 Å². The predicted molar refractivity (Wildman–Crippen MR) is 85.6 cm³/mol. The Morgan fingerprint density at radius 1 is 1.32 bits per heavy atom. The minimum Gasteiger partial charge on any atom is -0.466 e. The zero-order valence-electron chi connectivity index (χ0n) is 13.3. The van der Waals surface area contributed by atoms with Gasteiger partial charge in [0.2, 0.25) is 0 Å². The van der Waals surface area contributed by atoms with Crippen LogP contribution < -0.4 is 5.32 Å². The van der Waals surface area contributed by atoms with Crippen molar-refractivity contribution in [2.24, 2.45) is 0 Å². The predicted octanol–water partition coefficient (Wildman–Crippen LogP) is 2.87. The smallest absolute Gasteiger partial charge is 0.307 e. The van der Waals surface area contributed by atoms with Crippen LogP contribution in [0.25, 0.3) is 11.0 Å². The normalized spacial score (nSPS) is 12.1. The zero-order chi connectivity index (χ0) is 15.9. The molecule has 0 radical (unpaired) electrons. The molecule has 1 unspecified atom stereocenters. The van der Waals surface area contributed by atoms with Crippen LogP contribution in [0.5, 0.6) is 0 Å². The summed E-state index contributed by atoms with van der Waals surface area (Å²) in [6, 6.07) is 3.82. The number of nitrogens with zero attached hydrogens (tertiary/aromatic N) is 3. The molecule has 0 aliphatic carbocycles. The molecule has 0 aliphatic rings. The van der Waals surface area contributed by atoms with Crippen molar-refractivity contribution in [3.8, 4) is 0 Å². The number of anilines is 1. The number of carbonyl (C=O) groups is 1. The molecule has 0 amide bonds. The van der Waals surface area contributed by atoms with Crippen molar-refractivity contribution in [1.29, 1.82) is 0 Å². The van der Waals surface area contributed by atoms with Crippen molar-refractivity contribution in [2.75, 3.05) is 11.9 Å². The van der Waals surface area contributed by atoms with Crippen LogP contribution in [0.1, 0.15) is 38.8 Å². The van der Waals surface area contributed by atoms with Crippen LogP contribution in [0.2, 0.25) is 0 Å². The Morgan fingerprint density at radius 3 is 2.86 bits per heavy atom. The molecule has 22 heavy (non-hydrogen) atoms. The molecule has 2 aromatic heterocycles. The maximum absolute atomic E-state index is 11.7. The average Bonchev–Trinajstić information content (AvgIpc) is 2.48. The highest BCUT2D eigenvalue weighted by Crippen LogP contribution is 2.19. The Hall–Kier alpha value is -2.24. The standard InChI is InChI=1S/C16H22N4O2/c1-4-6-12(9-14(21)22-5-2)20-16-15-13(17-10-18-16)8-7-11(3)19-15/h7-8,10,12H,4-6,9H2,1-3H3,(H,17,18,20). The first-order valence-electron chi connectivity index (χ1n) is 7.64. The Balaban J connectivity index is 2.22. The highest BCUT2D eigenvalue weighted by molar-refractivity contribution is 5.85. The molecule has 1 N–H and O–H groups in total. The van der Waals surface area contributed by atoms with Gasteiger partial charge in [-0.1, -0.05) is 13.3 Å². The van der Waals surface area contributed by atoms with Crippen molar-refractivity contribution in [1.82, 2.24) is 15.0 Å². The first kappa shape index (κ1) is 16.1. The van der Waals surface area contributed by atoms with Crippen LogP contribution in [0, 0.1) is 6.92 Å². The topological polar surface area (TPSA) is 77.0 Å². The fraction of sp³-hybridized carbons (Fsp3) is 0.500. The second kappa shape index (κ2) is 7.68. The molecule has 6 nitrogen and oxygen atoms in total. The third-order valence-electron chi connectivity index (χ3n) is 3.32. The van der Waals surface area contributed by atoms with Gasteiger partial charge in [-0.05, 0) is 32.4 Å². The van der Waals surface area contributed by atoms with E-state index in [-0.39, 0.29) is 12.0 Å². The maximum atomic E-state index is 11.7. The van der Waals surface area contributed by atoms with Crippen molar-refractivity contribution in [3.63, 3.8) is 0 Å². The summed E-state index contributed by atoms with van der Waals surface area (Å²) in [5, 5.41) is 3.33. The van der Waals surface area contributed by atoms with Gasteiger partial charge in [0, 0.05) is 11.7 Å². The van der Waals surface area contributed by atoms with E-state index in [9.17, 15) is 4.79 Å². The van der Waals surface area contributed by atoms with E-state index in [2.05, 4.69) is 27.2 Å². The van der Waals surface area contributed by atoms with Crippen LogP contribution in [-0.2, 0) is 9.53 Å². The van der Waals surface area contributed by atoms with Crippen LogP contribution in [0.15, 0.2) is 18.5 Å². The molecular weight excluding hydrogens is 280 g/mol. The van der Waals surface area contributed by atoms with E-state index in [0.29, 0.717) is 18.8 Å². The second-order valence-corrected chi connectivity index (χ2v) is 5.18. The molecule has 118 valence electrons. The number of hydrogen-bond acceptors (Lipinski definition) is 6. The first-order chi connectivity index (χ1) is 10.6. The molecule has 0 aromatic carbocycles. The zero-order valence-corrected chi connectivity index (χ0v) is 13.3. The first-order valence-corrected chi connectivity index (χ1v) is 7.64. The number of carbonyl (C=O) groups excluding carboxylic acids is 1. The Morgan fingerprint density at radius 2 is 2.14 bits per heavy atom. The lowest BCUT2D eigenvalue weighted by atomic mass is 10.1. The molecule has 6 heteroatoms. The molecule has 0 fully saturated rings. The minimum absolute atomic E-state index is 0.0236. The lowest BCUT2D eigenvalue weighted by Gasteiger charge is -2.18. The SMILES string of the molecule is CCCC(CC(=O)OCC)Nc1ncnc2ccc(C)nc12. The lowest BCUT2D eigenvalue weighted by molar-refractivity contribution is -0.143. The van der Waals surface area contributed by atoms with Crippen LogP contribution in [-0.4, -0.2) is 33.6 Å².